The SMILES string of the molecule is NCC(F)(F)c1ccc(S(=O)(=O)CC(F)F)cc1. The van der Waals surface area contributed by atoms with Gasteiger partial charge in [-0.2, -0.15) is 8.78 Å². The second-order valence-corrected chi connectivity index (χ2v) is 5.64. The highest BCUT2D eigenvalue weighted by Crippen LogP contribution is 2.27. The van der Waals surface area contributed by atoms with Crippen molar-refractivity contribution >= 4 is 9.84 Å². The fraction of sp³-hybridized carbons (Fsp3) is 0.400. The minimum atomic E-state index is -4.15. The van der Waals surface area contributed by atoms with Crippen LogP contribution in [0.3, 0.4) is 0 Å². The van der Waals surface area contributed by atoms with Crippen LogP contribution >= 0.6 is 0 Å². The molecule has 0 bridgehead atoms. The third-order valence-electron chi connectivity index (χ3n) is 2.24. The van der Waals surface area contributed by atoms with Gasteiger partial charge >= 0.3 is 0 Å². The number of sulfone groups is 1. The summed E-state index contributed by atoms with van der Waals surface area (Å²) in [4.78, 5) is -0.417. The molecule has 1 rings (SSSR count). The molecule has 8 heteroatoms. The lowest BCUT2D eigenvalue weighted by molar-refractivity contribution is 0.00589. The summed E-state index contributed by atoms with van der Waals surface area (Å²) in [5, 5.41) is 0. The van der Waals surface area contributed by atoms with Gasteiger partial charge in [0.1, 0.15) is 5.75 Å². The van der Waals surface area contributed by atoms with Crippen LogP contribution in [0, 0.1) is 0 Å². The highest BCUT2D eigenvalue weighted by atomic mass is 32.2. The zero-order valence-electron chi connectivity index (χ0n) is 9.11. The second kappa shape index (κ2) is 5.23. The van der Waals surface area contributed by atoms with E-state index in [4.69, 9.17) is 5.73 Å². The fourth-order valence-electron chi connectivity index (χ4n) is 1.29. The molecule has 0 spiro atoms. The Balaban J connectivity index is 3.04. The van der Waals surface area contributed by atoms with Crippen molar-refractivity contribution in [2.45, 2.75) is 17.2 Å². The van der Waals surface area contributed by atoms with Crippen molar-refractivity contribution in [3.05, 3.63) is 29.8 Å². The Kier molecular flexibility index (Phi) is 4.33. The van der Waals surface area contributed by atoms with Gasteiger partial charge in [0, 0.05) is 5.56 Å². The van der Waals surface area contributed by atoms with Crippen molar-refractivity contribution < 1.29 is 26.0 Å². The van der Waals surface area contributed by atoms with Crippen LogP contribution in [0.1, 0.15) is 5.56 Å². The first-order valence-corrected chi connectivity index (χ1v) is 6.53. The van der Waals surface area contributed by atoms with Crippen LogP contribution in [-0.2, 0) is 15.8 Å². The molecule has 0 heterocycles. The number of nitrogens with two attached hydrogens (primary N) is 1. The number of benzene rings is 1. The summed E-state index contributed by atoms with van der Waals surface area (Å²) in [5.74, 6) is -4.61. The highest BCUT2D eigenvalue weighted by molar-refractivity contribution is 7.91. The summed E-state index contributed by atoms with van der Waals surface area (Å²) >= 11 is 0. The molecule has 1 aromatic rings. The standard InChI is InChI=1S/C10H11F4NO2S/c11-9(12)5-18(16,17)8-3-1-7(2-4-8)10(13,14)6-15/h1-4,9H,5-6,15H2. The maximum Gasteiger partial charge on any atom is 0.285 e. The molecule has 0 saturated heterocycles. The van der Waals surface area contributed by atoms with Crippen LogP contribution in [0.4, 0.5) is 17.6 Å². The van der Waals surface area contributed by atoms with Crippen LogP contribution in [0.25, 0.3) is 0 Å². The number of hydrogen-bond donors (Lipinski definition) is 1. The lowest BCUT2D eigenvalue weighted by Gasteiger charge is -2.14. The number of hydrogen-bond acceptors (Lipinski definition) is 3. The highest BCUT2D eigenvalue weighted by Gasteiger charge is 2.30. The molecule has 0 radical (unpaired) electrons. The van der Waals surface area contributed by atoms with Crippen molar-refractivity contribution in [1.29, 1.82) is 0 Å². The molecular formula is C10H11F4NO2S. The normalized spacial score (nSPS) is 13.0. The van der Waals surface area contributed by atoms with Crippen LogP contribution in [-0.4, -0.2) is 27.1 Å². The minimum Gasteiger partial charge on any atom is -0.325 e. The monoisotopic (exact) mass is 285 g/mol. The van der Waals surface area contributed by atoms with E-state index in [0.717, 1.165) is 24.3 Å². The van der Waals surface area contributed by atoms with E-state index >= 15 is 0 Å². The Morgan fingerprint density at radius 2 is 1.67 bits per heavy atom. The fourth-order valence-corrected chi connectivity index (χ4v) is 2.36. The van der Waals surface area contributed by atoms with E-state index in [2.05, 4.69) is 0 Å². The molecule has 0 unspecified atom stereocenters. The quantitative estimate of drug-likeness (QED) is 0.839. The van der Waals surface area contributed by atoms with Crippen molar-refractivity contribution in [1.82, 2.24) is 0 Å². The molecule has 1 aromatic carbocycles. The molecular weight excluding hydrogens is 274 g/mol. The average molecular weight is 285 g/mol. The topological polar surface area (TPSA) is 60.2 Å². The maximum absolute atomic E-state index is 13.1. The van der Waals surface area contributed by atoms with E-state index in [1.165, 1.54) is 0 Å². The molecule has 0 aliphatic rings. The van der Waals surface area contributed by atoms with Gasteiger partial charge in [0.25, 0.3) is 12.3 Å². The van der Waals surface area contributed by atoms with E-state index in [9.17, 15) is 26.0 Å². The Morgan fingerprint density at radius 1 is 1.17 bits per heavy atom. The van der Waals surface area contributed by atoms with Crippen LogP contribution < -0.4 is 5.73 Å². The molecule has 2 N–H and O–H groups in total. The number of alkyl halides is 4. The van der Waals surface area contributed by atoms with Crippen molar-refractivity contribution in [2.75, 3.05) is 12.3 Å². The second-order valence-electron chi connectivity index (χ2n) is 3.61. The van der Waals surface area contributed by atoms with Crippen molar-refractivity contribution in [2.24, 2.45) is 5.73 Å². The zero-order chi connectivity index (χ0) is 14.0. The zero-order valence-corrected chi connectivity index (χ0v) is 9.93. The van der Waals surface area contributed by atoms with Gasteiger partial charge in [0.05, 0.1) is 11.4 Å². The third-order valence-corrected chi connectivity index (χ3v) is 3.92. The molecule has 0 aliphatic heterocycles. The molecule has 0 fully saturated rings. The molecule has 3 nitrogen and oxygen atoms in total. The van der Waals surface area contributed by atoms with Gasteiger partial charge in [-0.15, -0.1) is 0 Å². The Labute approximate surface area is 102 Å². The molecule has 0 amide bonds. The van der Waals surface area contributed by atoms with E-state index in [1.54, 1.807) is 0 Å². The van der Waals surface area contributed by atoms with Crippen LogP contribution in [0.2, 0.25) is 0 Å². The van der Waals surface area contributed by atoms with Crippen molar-refractivity contribution in [3.8, 4) is 0 Å². The van der Waals surface area contributed by atoms with Crippen LogP contribution in [0.5, 0.6) is 0 Å². The van der Waals surface area contributed by atoms with Gasteiger partial charge in [-0.1, -0.05) is 12.1 Å². The summed E-state index contributed by atoms with van der Waals surface area (Å²) in [6, 6.07) is 3.48. The van der Waals surface area contributed by atoms with E-state index in [0.29, 0.717) is 0 Å². The first-order valence-electron chi connectivity index (χ1n) is 4.88. The van der Waals surface area contributed by atoms with Gasteiger partial charge in [-0.05, 0) is 12.1 Å². The molecule has 102 valence electrons. The van der Waals surface area contributed by atoms with Crippen molar-refractivity contribution in [3.63, 3.8) is 0 Å². The molecule has 0 saturated carbocycles. The van der Waals surface area contributed by atoms with E-state index in [1.807, 2.05) is 0 Å². The number of rotatable bonds is 5. The van der Waals surface area contributed by atoms with Gasteiger partial charge in [0.15, 0.2) is 9.84 Å². The lowest BCUT2D eigenvalue weighted by Crippen LogP contribution is -2.25. The van der Waals surface area contributed by atoms with Crippen LogP contribution in [0.15, 0.2) is 29.2 Å². The van der Waals surface area contributed by atoms with Gasteiger partial charge in [0.2, 0.25) is 0 Å². The predicted molar refractivity (Wildman–Crippen MR) is 57.4 cm³/mol. The smallest absolute Gasteiger partial charge is 0.285 e. The Morgan fingerprint density at radius 3 is 2.06 bits per heavy atom. The van der Waals surface area contributed by atoms with Gasteiger partial charge in [-0.25, -0.2) is 17.2 Å². The molecule has 0 aliphatic carbocycles. The summed E-state index contributed by atoms with van der Waals surface area (Å²) in [7, 11) is -4.15. The molecule has 0 atom stereocenters. The average Bonchev–Trinajstić information content (AvgIpc) is 2.27. The minimum absolute atomic E-state index is 0.417. The molecule has 18 heavy (non-hydrogen) atoms. The van der Waals surface area contributed by atoms with Gasteiger partial charge in [-0.3, -0.25) is 0 Å². The number of halogens is 4. The Bertz CT molecular complexity index is 499. The summed E-state index contributed by atoms with van der Waals surface area (Å²) < 4.78 is 73.1. The maximum atomic E-state index is 13.1. The molecule has 0 aromatic heterocycles. The predicted octanol–water partition coefficient (Wildman–Crippen LogP) is 1.78. The summed E-state index contributed by atoms with van der Waals surface area (Å²) in [5.41, 5.74) is 4.40. The first kappa shape index (κ1) is 14.9. The van der Waals surface area contributed by atoms with E-state index < -0.39 is 44.9 Å². The first-order chi connectivity index (χ1) is 8.19. The van der Waals surface area contributed by atoms with E-state index in [-0.39, 0.29) is 0 Å². The third kappa shape index (κ3) is 3.42. The Hall–Kier alpha value is -1.15. The largest absolute Gasteiger partial charge is 0.325 e. The summed E-state index contributed by atoms with van der Waals surface area (Å²) in [6.45, 7) is -0.921. The lowest BCUT2D eigenvalue weighted by atomic mass is 10.1. The van der Waals surface area contributed by atoms with Gasteiger partial charge < -0.3 is 5.73 Å². The summed E-state index contributed by atoms with van der Waals surface area (Å²) in [6.07, 6.45) is -3.01.